The first-order valence-corrected chi connectivity index (χ1v) is 8.37. The summed E-state index contributed by atoms with van der Waals surface area (Å²) >= 11 is 0. The quantitative estimate of drug-likeness (QED) is 0.619. The predicted molar refractivity (Wildman–Crippen MR) is 98.9 cm³/mol. The highest BCUT2D eigenvalue weighted by Gasteiger charge is 2.45. The number of fused-ring (bicyclic) bond motifs is 5. The summed E-state index contributed by atoms with van der Waals surface area (Å²) in [7, 11) is 0. The molecule has 2 aromatic carbocycles. The summed E-state index contributed by atoms with van der Waals surface area (Å²) in [6.45, 7) is 0. The van der Waals surface area contributed by atoms with Gasteiger partial charge in [-0.25, -0.2) is 0 Å². The Morgan fingerprint density at radius 1 is 0.917 bits per heavy atom. The minimum atomic E-state index is 0.0330. The highest BCUT2D eigenvalue weighted by molar-refractivity contribution is 5.88. The number of benzene rings is 2. The molecule has 0 aliphatic heterocycles. The molecule has 0 radical (unpaired) electrons. The van der Waals surface area contributed by atoms with Gasteiger partial charge in [-0.2, -0.15) is 0 Å². The normalized spacial score (nSPS) is 25.8. The van der Waals surface area contributed by atoms with Crippen molar-refractivity contribution in [2.45, 2.75) is 12.3 Å². The van der Waals surface area contributed by atoms with Crippen LogP contribution in [-0.2, 0) is 6.42 Å². The Bertz CT molecular complexity index is 1020. The van der Waals surface area contributed by atoms with E-state index in [1.165, 1.54) is 39.0 Å². The van der Waals surface area contributed by atoms with E-state index in [0.717, 1.165) is 6.42 Å². The summed E-state index contributed by atoms with van der Waals surface area (Å²) in [4.78, 5) is 0. The molecular formula is C24H16. The molecule has 0 amide bonds. The Labute approximate surface area is 142 Å². The summed E-state index contributed by atoms with van der Waals surface area (Å²) in [6, 6.07) is 17.1. The number of hydrogen-bond donors (Lipinski definition) is 0. The Morgan fingerprint density at radius 3 is 2.54 bits per heavy atom. The lowest BCUT2D eigenvalue weighted by atomic mass is 9.67. The molecule has 3 aliphatic rings. The van der Waals surface area contributed by atoms with E-state index in [1.807, 2.05) is 0 Å². The third-order valence-corrected chi connectivity index (χ3v) is 5.72. The standard InChI is InChI=1S/C24H16/c1-3-17-21-13-15-9-6-8-12-20(15)24(21)18(4-2)22-14-16-10-5-7-11-19(16)23(17)22/h1-2,5-13,17-18,24H,14H2. The van der Waals surface area contributed by atoms with E-state index in [1.54, 1.807) is 0 Å². The first-order chi connectivity index (χ1) is 11.8. The van der Waals surface area contributed by atoms with Crippen molar-refractivity contribution in [1.82, 2.24) is 0 Å². The van der Waals surface area contributed by atoms with Crippen LogP contribution in [-0.4, -0.2) is 0 Å². The van der Waals surface area contributed by atoms with Gasteiger partial charge in [0.2, 0.25) is 0 Å². The maximum absolute atomic E-state index is 6.03. The molecule has 5 rings (SSSR count). The minimum Gasteiger partial charge on any atom is -0.119 e. The van der Waals surface area contributed by atoms with Crippen molar-refractivity contribution >= 4 is 11.6 Å². The predicted octanol–water partition coefficient (Wildman–Crippen LogP) is 4.69. The van der Waals surface area contributed by atoms with Crippen molar-refractivity contribution in [2.24, 2.45) is 11.8 Å². The molecular weight excluding hydrogens is 288 g/mol. The van der Waals surface area contributed by atoms with E-state index in [9.17, 15) is 0 Å². The zero-order valence-electron chi connectivity index (χ0n) is 13.3. The molecule has 0 saturated carbocycles. The van der Waals surface area contributed by atoms with E-state index >= 15 is 0 Å². The lowest BCUT2D eigenvalue weighted by Gasteiger charge is -2.34. The average molecular weight is 304 g/mol. The molecule has 0 aromatic heterocycles. The van der Waals surface area contributed by atoms with Crippen molar-refractivity contribution in [3.63, 3.8) is 0 Å². The largest absolute Gasteiger partial charge is 0.119 e. The highest BCUT2D eigenvalue weighted by atomic mass is 14.5. The summed E-state index contributed by atoms with van der Waals surface area (Å²) in [5.74, 6) is 6.55. The zero-order chi connectivity index (χ0) is 16.3. The van der Waals surface area contributed by atoms with Gasteiger partial charge in [0.05, 0.1) is 11.8 Å². The van der Waals surface area contributed by atoms with Gasteiger partial charge in [-0.05, 0) is 45.4 Å². The molecule has 24 heavy (non-hydrogen) atoms. The molecule has 112 valence electrons. The topological polar surface area (TPSA) is 0 Å². The molecule has 0 heteroatoms. The first-order valence-electron chi connectivity index (χ1n) is 8.37. The van der Waals surface area contributed by atoms with Gasteiger partial charge in [0.15, 0.2) is 0 Å². The van der Waals surface area contributed by atoms with Crippen LogP contribution in [0.5, 0.6) is 0 Å². The van der Waals surface area contributed by atoms with Crippen molar-refractivity contribution < 1.29 is 0 Å². The molecule has 3 atom stereocenters. The third kappa shape index (κ3) is 1.56. The SMILES string of the molecule is C#CC1C2=Cc3ccccc3C2C(C#C)C2=C1c1ccccc1C2. The van der Waals surface area contributed by atoms with Gasteiger partial charge >= 0.3 is 0 Å². The number of terminal acetylenes is 2. The maximum Gasteiger partial charge on any atom is 0.0675 e. The maximum atomic E-state index is 6.03. The second-order valence-corrected chi connectivity index (χ2v) is 6.77. The van der Waals surface area contributed by atoms with Gasteiger partial charge in [0.1, 0.15) is 0 Å². The molecule has 2 aromatic rings. The fourth-order valence-electron chi connectivity index (χ4n) is 4.78. The van der Waals surface area contributed by atoms with E-state index < -0.39 is 0 Å². The van der Waals surface area contributed by atoms with Crippen LogP contribution >= 0.6 is 0 Å². The van der Waals surface area contributed by atoms with E-state index in [-0.39, 0.29) is 17.8 Å². The van der Waals surface area contributed by atoms with Gasteiger partial charge < -0.3 is 0 Å². The van der Waals surface area contributed by atoms with Crippen LogP contribution in [0.4, 0.5) is 0 Å². The second-order valence-electron chi connectivity index (χ2n) is 6.77. The second kappa shape index (κ2) is 4.77. The van der Waals surface area contributed by atoms with Crippen LogP contribution in [0.1, 0.15) is 28.2 Å². The molecule has 0 N–H and O–H groups in total. The zero-order valence-corrected chi connectivity index (χ0v) is 13.3. The monoisotopic (exact) mass is 304 g/mol. The lowest BCUT2D eigenvalue weighted by Crippen LogP contribution is -2.24. The summed E-state index contributed by atoms with van der Waals surface area (Å²) in [5, 5.41) is 0. The van der Waals surface area contributed by atoms with Crippen LogP contribution in [0.3, 0.4) is 0 Å². The first kappa shape index (κ1) is 13.5. The van der Waals surface area contributed by atoms with Gasteiger partial charge in [-0.15, -0.1) is 12.8 Å². The molecule has 3 unspecified atom stereocenters. The van der Waals surface area contributed by atoms with Crippen LogP contribution in [0.2, 0.25) is 0 Å². The summed E-state index contributed by atoms with van der Waals surface area (Å²) < 4.78 is 0. The fraction of sp³-hybridized carbons (Fsp3) is 0.167. The van der Waals surface area contributed by atoms with Crippen LogP contribution in [0.25, 0.3) is 11.6 Å². The van der Waals surface area contributed by atoms with Gasteiger partial charge in [0.25, 0.3) is 0 Å². The van der Waals surface area contributed by atoms with Crippen molar-refractivity contribution in [3.8, 4) is 24.7 Å². The molecule has 0 saturated heterocycles. The van der Waals surface area contributed by atoms with Crippen molar-refractivity contribution in [1.29, 1.82) is 0 Å². The number of allylic oxidation sites excluding steroid dienone is 3. The number of hydrogen-bond acceptors (Lipinski definition) is 0. The smallest absolute Gasteiger partial charge is 0.0675 e. The Morgan fingerprint density at radius 2 is 1.71 bits per heavy atom. The lowest BCUT2D eigenvalue weighted by molar-refractivity contribution is 0.610. The Kier molecular flexibility index (Phi) is 2.68. The molecule has 0 fully saturated rings. The molecule has 0 nitrogen and oxygen atoms in total. The molecule has 0 heterocycles. The van der Waals surface area contributed by atoms with E-state index in [0.29, 0.717) is 0 Å². The van der Waals surface area contributed by atoms with Gasteiger partial charge in [0, 0.05) is 5.92 Å². The van der Waals surface area contributed by atoms with Gasteiger partial charge in [-0.3, -0.25) is 0 Å². The van der Waals surface area contributed by atoms with Crippen LogP contribution < -0.4 is 0 Å². The highest BCUT2D eigenvalue weighted by Crippen LogP contribution is 2.57. The van der Waals surface area contributed by atoms with Crippen LogP contribution in [0, 0.1) is 36.5 Å². The van der Waals surface area contributed by atoms with E-state index in [2.05, 4.69) is 66.4 Å². The van der Waals surface area contributed by atoms with Crippen LogP contribution in [0.15, 0.2) is 59.7 Å². The van der Waals surface area contributed by atoms with Crippen molar-refractivity contribution in [3.05, 3.63) is 81.9 Å². The van der Waals surface area contributed by atoms with Crippen molar-refractivity contribution in [2.75, 3.05) is 0 Å². The molecule has 3 aliphatic carbocycles. The molecule has 0 spiro atoms. The summed E-state index contributed by atoms with van der Waals surface area (Å²) in [6.07, 6.45) is 15.3. The van der Waals surface area contributed by atoms with Gasteiger partial charge in [-0.1, -0.05) is 66.4 Å². The fourth-order valence-corrected chi connectivity index (χ4v) is 4.78. The average Bonchev–Trinajstić information content (AvgIpc) is 3.18. The number of rotatable bonds is 0. The van der Waals surface area contributed by atoms with E-state index in [4.69, 9.17) is 12.8 Å². The summed E-state index contributed by atoms with van der Waals surface area (Å²) in [5.41, 5.74) is 9.22. The Hall–Kier alpha value is -2.96. The minimum absolute atomic E-state index is 0.0330. The molecule has 0 bridgehead atoms. The Balaban J connectivity index is 1.78. The third-order valence-electron chi connectivity index (χ3n) is 5.72.